The number of ether oxygens (including phenoxy) is 1. The first-order valence-corrected chi connectivity index (χ1v) is 7.16. The molecule has 0 fully saturated rings. The summed E-state index contributed by atoms with van der Waals surface area (Å²) in [6.45, 7) is 5.02. The van der Waals surface area contributed by atoms with Crippen molar-refractivity contribution < 1.29 is 4.74 Å². The van der Waals surface area contributed by atoms with Crippen LogP contribution in [0.1, 0.15) is 25.8 Å². The van der Waals surface area contributed by atoms with Crippen LogP contribution in [0.15, 0.2) is 29.4 Å². The minimum Gasteiger partial charge on any atom is -0.497 e. The molecule has 19 heavy (non-hydrogen) atoms. The standard InChI is InChI=1S/C13H18N4OS/c1-4-10(2)19-13-14-15-16-17(13)9-11-5-7-12(18-3)8-6-11/h5-8,10H,4,9H2,1-3H3. The molecule has 1 aromatic heterocycles. The summed E-state index contributed by atoms with van der Waals surface area (Å²) in [6.07, 6.45) is 1.10. The molecule has 0 saturated carbocycles. The van der Waals surface area contributed by atoms with E-state index in [-0.39, 0.29) is 0 Å². The smallest absolute Gasteiger partial charge is 0.209 e. The third-order valence-electron chi connectivity index (χ3n) is 2.87. The van der Waals surface area contributed by atoms with E-state index in [4.69, 9.17) is 4.74 Å². The van der Waals surface area contributed by atoms with Crippen LogP contribution >= 0.6 is 11.8 Å². The van der Waals surface area contributed by atoms with Crippen LogP contribution in [0.3, 0.4) is 0 Å². The lowest BCUT2D eigenvalue weighted by molar-refractivity contribution is 0.414. The Balaban J connectivity index is 2.07. The van der Waals surface area contributed by atoms with Crippen LogP contribution in [-0.4, -0.2) is 32.6 Å². The molecule has 6 heteroatoms. The third-order valence-corrected chi connectivity index (χ3v) is 4.11. The molecule has 0 aliphatic heterocycles. The third kappa shape index (κ3) is 3.70. The van der Waals surface area contributed by atoms with Crippen LogP contribution in [0.5, 0.6) is 5.75 Å². The Morgan fingerprint density at radius 3 is 2.68 bits per heavy atom. The number of thioether (sulfide) groups is 1. The number of rotatable bonds is 6. The maximum Gasteiger partial charge on any atom is 0.209 e. The van der Waals surface area contributed by atoms with Gasteiger partial charge < -0.3 is 4.74 Å². The molecule has 0 aliphatic rings. The molecule has 1 unspecified atom stereocenters. The molecule has 0 N–H and O–H groups in total. The van der Waals surface area contributed by atoms with Crippen molar-refractivity contribution in [3.05, 3.63) is 29.8 Å². The zero-order valence-electron chi connectivity index (χ0n) is 11.4. The van der Waals surface area contributed by atoms with Crippen LogP contribution in [0, 0.1) is 0 Å². The van der Waals surface area contributed by atoms with E-state index in [9.17, 15) is 0 Å². The monoisotopic (exact) mass is 278 g/mol. The first-order chi connectivity index (χ1) is 9.22. The molecule has 0 radical (unpaired) electrons. The molecular formula is C13H18N4OS. The average molecular weight is 278 g/mol. The van der Waals surface area contributed by atoms with Gasteiger partial charge in [-0.05, 0) is 34.5 Å². The van der Waals surface area contributed by atoms with Gasteiger partial charge in [-0.15, -0.1) is 5.10 Å². The number of hydrogen-bond donors (Lipinski definition) is 0. The fourth-order valence-electron chi connectivity index (χ4n) is 1.55. The predicted molar refractivity (Wildman–Crippen MR) is 75.5 cm³/mol. The zero-order chi connectivity index (χ0) is 13.7. The SMILES string of the molecule is CCC(C)Sc1nnnn1Cc1ccc(OC)cc1. The molecule has 0 amide bonds. The normalized spacial score (nSPS) is 12.4. The highest BCUT2D eigenvalue weighted by Crippen LogP contribution is 2.22. The summed E-state index contributed by atoms with van der Waals surface area (Å²) in [5.41, 5.74) is 1.15. The molecule has 0 spiro atoms. The summed E-state index contributed by atoms with van der Waals surface area (Å²) in [5.74, 6) is 0.856. The minimum atomic E-state index is 0.514. The van der Waals surface area contributed by atoms with Gasteiger partial charge in [0.25, 0.3) is 0 Å². The Hall–Kier alpha value is -1.56. The summed E-state index contributed by atoms with van der Waals surface area (Å²) in [7, 11) is 1.66. The summed E-state index contributed by atoms with van der Waals surface area (Å²) in [6, 6.07) is 7.94. The van der Waals surface area contributed by atoms with E-state index in [1.54, 1.807) is 18.9 Å². The van der Waals surface area contributed by atoms with E-state index < -0.39 is 0 Å². The highest BCUT2D eigenvalue weighted by atomic mass is 32.2. The maximum atomic E-state index is 5.14. The van der Waals surface area contributed by atoms with Gasteiger partial charge in [-0.25, -0.2) is 4.68 Å². The van der Waals surface area contributed by atoms with Gasteiger partial charge in [0.2, 0.25) is 5.16 Å². The van der Waals surface area contributed by atoms with Crippen LogP contribution in [-0.2, 0) is 6.54 Å². The van der Waals surface area contributed by atoms with Gasteiger partial charge in [0, 0.05) is 5.25 Å². The summed E-state index contributed by atoms with van der Waals surface area (Å²) < 4.78 is 6.98. The molecule has 5 nitrogen and oxygen atoms in total. The van der Waals surface area contributed by atoms with Crippen LogP contribution in [0.4, 0.5) is 0 Å². The quantitative estimate of drug-likeness (QED) is 0.760. The lowest BCUT2D eigenvalue weighted by atomic mass is 10.2. The first kappa shape index (κ1) is 13.9. The van der Waals surface area contributed by atoms with Crippen molar-refractivity contribution in [1.82, 2.24) is 20.2 Å². The Morgan fingerprint density at radius 1 is 1.32 bits per heavy atom. The van der Waals surface area contributed by atoms with Gasteiger partial charge >= 0.3 is 0 Å². The predicted octanol–water partition coefficient (Wildman–Crippen LogP) is 2.62. The second-order valence-electron chi connectivity index (χ2n) is 4.30. The Morgan fingerprint density at radius 2 is 2.05 bits per heavy atom. The van der Waals surface area contributed by atoms with E-state index in [1.807, 2.05) is 28.9 Å². The Bertz CT molecular complexity index is 512. The fraction of sp³-hybridized carbons (Fsp3) is 0.462. The number of nitrogens with zero attached hydrogens (tertiary/aromatic N) is 4. The summed E-state index contributed by atoms with van der Waals surface area (Å²) >= 11 is 1.71. The molecule has 2 aromatic rings. The zero-order valence-corrected chi connectivity index (χ0v) is 12.2. The lowest BCUT2D eigenvalue weighted by Gasteiger charge is -2.08. The molecule has 1 atom stereocenters. The van der Waals surface area contributed by atoms with Crippen LogP contribution < -0.4 is 4.74 Å². The van der Waals surface area contributed by atoms with Crippen molar-refractivity contribution in [2.45, 2.75) is 37.2 Å². The van der Waals surface area contributed by atoms with Gasteiger partial charge in [0.05, 0.1) is 13.7 Å². The topological polar surface area (TPSA) is 52.8 Å². The second-order valence-corrected chi connectivity index (χ2v) is 5.71. The maximum absolute atomic E-state index is 5.14. The highest BCUT2D eigenvalue weighted by Gasteiger charge is 2.10. The Kier molecular flexibility index (Phi) is 4.79. The minimum absolute atomic E-state index is 0.514. The first-order valence-electron chi connectivity index (χ1n) is 6.28. The number of tetrazole rings is 1. The highest BCUT2D eigenvalue weighted by molar-refractivity contribution is 7.99. The number of hydrogen-bond acceptors (Lipinski definition) is 5. The molecular weight excluding hydrogens is 260 g/mol. The molecule has 2 rings (SSSR count). The van der Waals surface area contributed by atoms with Crippen molar-refractivity contribution in [3.63, 3.8) is 0 Å². The fourth-order valence-corrected chi connectivity index (χ4v) is 2.38. The summed E-state index contributed by atoms with van der Waals surface area (Å²) in [5, 5.41) is 13.3. The molecule has 0 bridgehead atoms. The molecule has 0 saturated heterocycles. The van der Waals surface area contributed by atoms with Crippen molar-refractivity contribution in [3.8, 4) is 5.75 Å². The Labute approximate surface area is 117 Å². The number of benzene rings is 1. The molecule has 0 aliphatic carbocycles. The van der Waals surface area contributed by atoms with Gasteiger partial charge in [-0.2, -0.15) is 0 Å². The van der Waals surface area contributed by atoms with E-state index >= 15 is 0 Å². The van der Waals surface area contributed by atoms with Gasteiger partial charge in [-0.3, -0.25) is 0 Å². The second kappa shape index (κ2) is 6.56. The van der Waals surface area contributed by atoms with E-state index in [2.05, 4.69) is 29.4 Å². The largest absolute Gasteiger partial charge is 0.497 e. The molecule has 102 valence electrons. The average Bonchev–Trinajstić information content (AvgIpc) is 2.86. The van der Waals surface area contributed by atoms with Crippen molar-refractivity contribution in [2.75, 3.05) is 7.11 Å². The van der Waals surface area contributed by atoms with Gasteiger partial charge in [0.1, 0.15) is 5.75 Å². The number of aromatic nitrogens is 4. The van der Waals surface area contributed by atoms with Gasteiger partial charge in [-0.1, -0.05) is 37.7 Å². The van der Waals surface area contributed by atoms with E-state index in [1.165, 1.54) is 0 Å². The van der Waals surface area contributed by atoms with Gasteiger partial charge in [0.15, 0.2) is 0 Å². The van der Waals surface area contributed by atoms with E-state index in [0.29, 0.717) is 11.8 Å². The van der Waals surface area contributed by atoms with Crippen LogP contribution in [0.2, 0.25) is 0 Å². The number of methoxy groups -OCH3 is 1. The molecule has 1 heterocycles. The van der Waals surface area contributed by atoms with E-state index in [0.717, 1.165) is 22.9 Å². The summed E-state index contributed by atoms with van der Waals surface area (Å²) in [4.78, 5) is 0. The molecule has 1 aromatic carbocycles. The van der Waals surface area contributed by atoms with Crippen molar-refractivity contribution in [1.29, 1.82) is 0 Å². The van der Waals surface area contributed by atoms with Crippen molar-refractivity contribution in [2.24, 2.45) is 0 Å². The van der Waals surface area contributed by atoms with Crippen LogP contribution in [0.25, 0.3) is 0 Å². The lowest BCUT2D eigenvalue weighted by Crippen LogP contribution is -2.05. The van der Waals surface area contributed by atoms with Crippen molar-refractivity contribution >= 4 is 11.8 Å².